The fourth-order valence-electron chi connectivity index (χ4n) is 3.13. The summed E-state index contributed by atoms with van der Waals surface area (Å²) in [6.07, 6.45) is 2.53. The minimum Gasteiger partial charge on any atom is -0.378 e. The summed E-state index contributed by atoms with van der Waals surface area (Å²) in [5.41, 5.74) is 2.71. The Balaban J connectivity index is 1.45. The molecule has 124 valence electrons. The zero-order chi connectivity index (χ0) is 16.4. The van der Waals surface area contributed by atoms with E-state index in [1.54, 1.807) is 6.20 Å². The lowest BCUT2D eigenvalue weighted by Gasteiger charge is -2.26. The maximum absolute atomic E-state index is 12.5. The molecule has 0 unspecified atom stereocenters. The van der Waals surface area contributed by atoms with E-state index < -0.39 is 0 Å². The van der Waals surface area contributed by atoms with Crippen LogP contribution >= 0.6 is 0 Å². The zero-order valence-corrected chi connectivity index (χ0v) is 13.5. The normalized spacial score (nSPS) is 17.2. The molecule has 1 aromatic heterocycles. The van der Waals surface area contributed by atoms with Gasteiger partial charge in [0.15, 0.2) is 0 Å². The van der Waals surface area contributed by atoms with Gasteiger partial charge in [-0.25, -0.2) is 9.97 Å². The van der Waals surface area contributed by atoms with Crippen molar-refractivity contribution < 1.29 is 9.53 Å². The Morgan fingerprint density at radius 3 is 2.71 bits per heavy atom. The first-order valence-electron chi connectivity index (χ1n) is 8.33. The molecule has 4 rings (SSSR count). The first kappa shape index (κ1) is 15.1. The highest BCUT2D eigenvalue weighted by Crippen LogP contribution is 2.23. The van der Waals surface area contributed by atoms with Gasteiger partial charge in [0.1, 0.15) is 0 Å². The van der Waals surface area contributed by atoms with Crippen LogP contribution in [-0.2, 0) is 17.7 Å². The van der Waals surface area contributed by atoms with Crippen molar-refractivity contribution in [1.29, 1.82) is 0 Å². The molecule has 1 aromatic carbocycles. The molecule has 0 saturated carbocycles. The Morgan fingerprint density at radius 1 is 1.12 bits per heavy atom. The van der Waals surface area contributed by atoms with E-state index in [1.165, 1.54) is 5.56 Å². The van der Waals surface area contributed by atoms with Gasteiger partial charge in [-0.3, -0.25) is 4.79 Å². The molecule has 3 heterocycles. The Bertz CT molecular complexity index is 729. The number of benzene rings is 1. The molecule has 2 aliphatic rings. The van der Waals surface area contributed by atoms with Crippen LogP contribution < -0.4 is 4.90 Å². The molecule has 0 aliphatic carbocycles. The molecule has 24 heavy (non-hydrogen) atoms. The molecule has 6 heteroatoms. The summed E-state index contributed by atoms with van der Waals surface area (Å²) in [7, 11) is 0. The van der Waals surface area contributed by atoms with E-state index in [-0.39, 0.29) is 5.91 Å². The Morgan fingerprint density at radius 2 is 1.92 bits per heavy atom. The van der Waals surface area contributed by atoms with Crippen molar-refractivity contribution in [3.8, 4) is 0 Å². The van der Waals surface area contributed by atoms with Gasteiger partial charge >= 0.3 is 0 Å². The van der Waals surface area contributed by atoms with Crippen molar-refractivity contribution >= 4 is 11.9 Å². The van der Waals surface area contributed by atoms with Crippen molar-refractivity contribution in [2.75, 3.05) is 37.7 Å². The molecular formula is C18H20N4O2. The van der Waals surface area contributed by atoms with Crippen molar-refractivity contribution in [1.82, 2.24) is 14.9 Å². The topological polar surface area (TPSA) is 58.6 Å². The Hall–Kier alpha value is -2.47. The quantitative estimate of drug-likeness (QED) is 0.853. The Kier molecular flexibility index (Phi) is 4.13. The first-order valence-corrected chi connectivity index (χ1v) is 8.33. The van der Waals surface area contributed by atoms with E-state index in [4.69, 9.17) is 4.74 Å². The van der Waals surface area contributed by atoms with Gasteiger partial charge in [-0.2, -0.15) is 0 Å². The van der Waals surface area contributed by atoms with Crippen molar-refractivity contribution in [2.24, 2.45) is 0 Å². The molecule has 1 fully saturated rings. The number of ether oxygens (including phenoxy) is 1. The molecule has 6 nitrogen and oxygen atoms in total. The van der Waals surface area contributed by atoms with Crippen LogP contribution in [0.25, 0.3) is 0 Å². The predicted octanol–water partition coefficient (Wildman–Crippen LogP) is 1.51. The number of amides is 1. The van der Waals surface area contributed by atoms with Crippen LogP contribution in [0.2, 0.25) is 0 Å². The summed E-state index contributed by atoms with van der Waals surface area (Å²) in [5.74, 6) is 0.740. The average molecular weight is 324 g/mol. The van der Waals surface area contributed by atoms with Gasteiger partial charge in [0.05, 0.1) is 31.0 Å². The summed E-state index contributed by atoms with van der Waals surface area (Å²) in [5, 5.41) is 0. The van der Waals surface area contributed by atoms with Crippen LogP contribution in [0.5, 0.6) is 0 Å². The highest BCUT2D eigenvalue weighted by molar-refractivity contribution is 5.97. The zero-order valence-electron chi connectivity index (χ0n) is 13.5. The molecule has 1 saturated heterocycles. The highest BCUT2D eigenvalue weighted by atomic mass is 16.5. The second-order valence-electron chi connectivity index (χ2n) is 6.09. The molecule has 0 spiro atoms. The predicted molar refractivity (Wildman–Crippen MR) is 90.0 cm³/mol. The first-order chi connectivity index (χ1) is 11.8. The van der Waals surface area contributed by atoms with E-state index in [2.05, 4.69) is 27.0 Å². The third-order valence-electron chi connectivity index (χ3n) is 4.52. The molecule has 0 N–H and O–H groups in total. The lowest BCUT2D eigenvalue weighted by molar-refractivity contribution is 0.0779. The van der Waals surface area contributed by atoms with Crippen molar-refractivity contribution in [3.63, 3.8) is 0 Å². The van der Waals surface area contributed by atoms with Crippen LogP contribution in [0.4, 0.5) is 5.95 Å². The highest BCUT2D eigenvalue weighted by Gasteiger charge is 2.30. The SMILES string of the molecule is O=C1c2cnc(N3CCOCC3)nc2CN1CCc1ccccc1. The van der Waals surface area contributed by atoms with Gasteiger partial charge in [0, 0.05) is 25.8 Å². The number of anilines is 1. The summed E-state index contributed by atoms with van der Waals surface area (Å²) in [6.45, 7) is 4.26. The van der Waals surface area contributed by atoms with Crippen molar-refractivity contribution in [3.05, 3.63) is 53.3 Å². The molecule has 0 radical (unpaired) electrons. The maximum atomic E-state index is 12.5. The van der Waals surface area contributed by atoms with Crippen LogP contribution in [0.3, 0.4) is 0 Å². The fraction of sp³-hybridized carbons (Fsp3) is 0.389. The smallest absolute Gasteiger partial charge is 0.257 e. The molecule has 1 amide bonds. The minimum atomic E-state index is 0.0365. The Labute approximate surface area is 141 Å². The lowest BCUT2D eigenvalue weighted by Crippen LogP contribution is -2.37. The van der Waals surface area contributed by atoms with Crippen molar-refractivity contribution in [2.45, 2.75) is 13.0 Å². The fourth-order valence-corrected chi connectivity index (χ4v) is 3.13. The van der Waals surface area contributed by atoms with Crippen LogP contribution in [0, 0.1) is 0 Å². The van der Waals surface area contributed by atoms with Crippen LogP contribution in [0.15, 0.2) is 36.5 Å². The van der Waals surface area contributed by atoms with E-state index in [9.17, 15) is 4.79 Å². The number of carbonyl (C=O) groups is 1. The van der Waals surface area contributed by atoms with E-state index in [0.29, 0.717) is 37.8 Å². The number of hydrogen-bond donors (Lipinski definition) is 0. The largest absolute Gasteiger partial charge is 0.378 e. The molecule has 2 aromatic rings. The van der Waals surface area contributed by atoms with Gasteiger partial charge < -0.3 is 14.5 Å². The molecular weight excluding hydrogens is 304 g/mol. The molecule has 2 aliphatic heterocycles. The second kappa shape index (κ2) is 6.57. The van der Waals surface area contributed by atoms with Gasteiger partial charge in [-0.05, 0) is 12.0 Å². The number of nitrogens with zero attached hydrogens (tertiary/aromatic N) is 4. The third-order valence-corrected chi connectivity index (χ3v) is 4.52. The number of fused-ring (bicyclic) bond motifs is 1. The number of aromatic nitrogens is 2. The van der Waals surface area contributed by atoms with Gasteiger partial charge in [-0.1, -0.05) is 30.3 Å². The van der Waals surface area contributed by atoms with E-state index in [1.807, 2.05) is 23.1 Å². The second-order valence-corrected chi connectivity index (χ2v) is 6.09. The summed E-state index contributed by atoms with van der Waals surface area (Å²) < 4.78 is 5.36. The number of hydrogen-bond acceptors (Lipinski definition) is 5. The van der Waals surface area contributed by atoms with E-state index in [0.717, 1.165) is 25.2 Å². The van der Waals surface area contributed by atoms with Crippen LogP contribution in [0.1, 0.15) is 21.6 Å². The lowest BCUT2D eigenvalue weighted by atomic mass is 10.1. The maximum Gasteiger partial charge on any atom is 0.257 e. The van der Waals surface area contributed by atoms with Crippen LogP contribution in [-0.4, -0.2) is 53.6 Å². The summed E-state index contributed by atoms with van der Waals surface area (Å²) >= 11 is 0. The van der Waals surface area contributed by atoms with Gasteiger partial charge in [-0.15, -0.1) is 0 Å². The molecule has 0 atom stereocenters. The number of carbonyl (C=O) groups excluding carboxylic acids is 1. The standard InChI is InChI=1S/C18H20N4O2/c23-17-15-12-19-18(21-8-10-24-11-9-21)20-16(15)13-22(17)7-6-14-4-2-1-3-5-14/h1-5,12H,6-11,13H2. The number of morpholine rings is 1. The summed E-state index contributed by atoms with van der Waals surface area (Å²) in [4.78, 5) is 25.5. The molecule has 0 bridgehead atoms. The third kappa shape index (κ3) is 2.97. The number of rotatable bonds is 4. The minimum absolute atomic E-state index is 0.0365. The summed E-state index contributed by atoms with van der Waals surface area (Å²) in [6, 6.07) is 10.2. The van der Waals surface area contributed by atoms with Gasteiger partial charge in [0.2, 0.25) is 5.95 Å². The van der Waals surface area contributed by atoms with E-state index >= 15 is 0 Å². The monoisotopic (exact) mass is 324 g/mol. The van der Waals surface area contributed by atoms with Gasteiger partial charge in [0.25, 0.3) is 5.91 Å². The average Bonchev–Trinajstić information content (AvgIpc) is 2.97.